The van der Waals surface area contributed by atoms with Crippen LogP contribution in [0.5, 0.6) is 11.5 Å². The summed E-state index contributed by atoms with van der Waals surface area (Å²) in [5, 5.41) is 10.9. The van der Waals surface area contributed by atoms with Crippen LogP contribution in [0.15, 0.2) is 40.9 Å². The Morgan fingerprint density at radius 3 is 2.57 bits per heavy atom. The molecule has 1 unspecified atom stereocenters. The van der Waals surface area contributed by atoms with Crippen LogP contribution in [-0.4, -0.2) is 4.92 Å². The Hall–Kier alpha value is -1.92. The van der Waals surface area contributed by atoms with Gasteiger partial charge in [0.15, 0.2) is 0 Å². The summed E-state index contributed by atoms with van der Waals surface area (Å²) in [4.78, 5) is 10.5. The first kappa shape index (κ1) is 15.5. The number of hydrogen-bond acceptors (Lipinski definition) is 4. The summed E-state index contributed by atoms with van der Waals surface area (Å²) < 4.78 is 6.53. The molecule has 6 heteroatoms. The lowest BCUT2D eigenvalue weighted by Gasteiger charge is -2.12. The maximum Gasteiger partial charge on any atom is 0.276 e. The van der Waals surface area contributed by atoms with Crippen LogP contribution in [0.4, 0.5) is 5.69 Å². The number of nitro groups is 1. The molecule has 0 aliphatic rings. The van der Waals surface area contributed by atoms with Crippen molar-refractivity contribution >= 4 is 21.6 Å². The fourth-order valence-corrected chi connectivity index (χ4v) is 2.39. The van der Waals surface area contributed by atoms with Gasteiger partial charge < -0.3 is 10.5 Å². The first-order valence-electron chi connectivity index (χ1n) is 6.37. The molecule has 0 aliphatic heterocycles. The zero-order valence-electron chi connectivity index (χ0n) is 11.7. The van der Waals surface area contributed by atoms with E-state index >= 15 is 0 Å². The number of nitrogens with two attached hydrogens (primary N) is 1. The van der Waals surface area contributed by atoms with Gasteiger partial charge in [-0.3, -0.25) is 10.1 Å². The predicted octanol–water partition coefficient (Wildman–Crippen LogP) is 4.48. The minimum atomic E-state index is -0.420. The van der Waals surface area contributed by atoms with Crippen molar-refractivity contribution < 1.29 is 9.66 Å². The summed E-state index contributed by atoms with van der Waals surface area (Å²) in [5.74, 6) is 1.04. The van der Waals surface area contributed by atoms with Crippen molar-refractivity contribution in [2.75, 3.05) is 0 Å². The average Bonchev–Trinajstić information content (AvgIpc) is 2.42. The van der Waals surface area contributed by atoms with Gasteiger partial charge in [0.1, 0.15) is 11.5 Å². The molecule has 0 saturated heterocycles. The minimum absolute atomic E-state index is 0.0378. The highest BCUT2D eigenvalue weighted by atomic mass is 79.9. The largest absolute Gasteiger partial charge is 0.456 e. The topological polar surface area (TPSA) is 78.4 Å². The van der Waals surface area contributed by atoms with Crippen molar-refractivity contribution in [1.82, 2.24) is 0 Å². The highest BCUT2D eigenvalue weighted by Gasteiger charge is 2.15. The Balaban J connectivity index is 2.35. The zero-order valence-corrected chi connectivity index (χ0v) is 13.3. The van der Waals surface area contributed by atoms with Crippen molar-refractivity contribution in [2.45, 2.75) is 19.9 Å². The van der Waals surface area contributed by atoms with Crippen LogP contribution in [0.2, 0.25) is 0 Å². The molecule has 2 aromatic rings. The number of benzene rings is 2. The van der Waals surface area contributed by atoms with Crippen molar-refractivity contribution in [3.63, 3.8) is 0 Å². The molecule has 110 valence electrons. The third-order valence-electron chi connectivity index (χ3n) is 3.15. The highest BCUT2D eigenvalue weighted by molar-refractivity contribution is 9.10. The van der Waals surface area contributed by atoms with E-state index in [1.807, 2.05) is 19.1 Å². The van der Waals surface area contributed by atoms with E-state index < -0.39 is 4.92 Å². The van der Waals surface area contributed by atoms with Crippen molar-refractivity contribution in [2.24, 2.45) is 5.73 Å². The lowest BCUT2D eigenvalue weighted by atomic mass is 10.1. The Morgan fingerprint density at radius 2 is 2.00 bits per heavy atom. The molecule has 0 radical (unpaired) electrons. The quantitative estimate of drug-likeness (QED) is 0.651. The number of hydrogen-bond donors (Lipinski definition) is 1. The fourth-order valence-electron chi connectivity index (χ4n) is 1.91. The van der Waals surface area contributed by atoms with E-state index in [0.717, 1.165) is 10.0 Å². The van der Waals surface area contributed by atoms with E-state index in [0.29, 0.717) is 17.1 Å². The maximum atomic E-state index is 10.9. The monoisotopic (exact) mass is 350 g/mol. The third kappa shape index (κ3) is 3.40. The molecule has 2 N–H and O–H groups in total. The van der Waals surface area contributed by atoms with Crippen LogP contribution < -0.4 is 10.5 Å². The van der Waals surface area contributed by atoms with Crippen LogP contribution in [0.1, 0.15) is 24.1 Å². The molecule has 0 aromatic heterocycles. The average molecular weight is 351 g/mol. The Labute approximate surface area is 131 Å². The molecule has 0 aliphatic carbocycles. The lowest BCUT2D eigenvalue weighted by molar-refractivity contribution is -0.385. The molecule has 2 aromatic carbocycles. The van der Waals surface area contributed by atoms with Crippen LogP contribution in [0.3, 0.4) is 0 Å². The van der Waals surface area contributed by atoms with Crippen LogP contribution in [0, 0.1) is 17.0 Å². The molecule has 0 spiro atoms. The van der Waals surface area contributed by atoms with Gasteiger partial charge in [-0.2, -0.15) is 0 Å². The van der Waals surface area contributed by atoms with E-state index in [9.17, 15) is 10.1 Å². The number of rotatable bonds is 4. The molecule has 21 heavy (non-hydrogen) atoms. The Bertz CT molecular complexity index is 687. The Kier molecular flexibility index (Phi) is 4.59. The zero-order chi connectivity index (χ0) is 15.6. The van der Waals surface area contributed by atoms with Gasteiger partial charge in [-0.1, -0.05) is 12.1 Å². The van der Waals surface area contributed by atoms with Crippen molar-refractivity contribution in [1.29, 1.82) is 0 Å². The number of nitro benzene ring substituents is 1. The summed E-state index contributed by atoms with van der Waals surface area (Å²) in [6.45, 7) is 3.56. The maximum absolute atomic E-state index is 10.9. The molecule has 0 heterocycles. The van der Waals surface area contributed by atoms with Crippen molar-refractivity contribution in [3.05, 3.63) is 62.1 Å². The lowest BCUT2D eigenvalue weighted by Crippen LogP contribution is -2.04. The molecule has 0 bridgehead atoms. The second kappa shape index (κ2) is 6.24. The summed E-state index contributed by atoms with van der Waals surface area (Å²) in [7, 11) is 0. The van der Waals surface area contributed by atoms with E-state index in [-0.39, 0.29) is 11.7 Å². The van der Waals surface area contributed by atoms with Gasteiger partial charge in [0.2, 0.25) is 0 Å². The Morgan fingerprint density at radius 1 is 1.29 bits per heavy atom. The summed E-state index contributed by atoms with van der Waals surface area (Å²) in [6.07, 6.45) is 0. The van der Waals surface area contributed by atoms with E-state index in [1.54, 1.807) is 25.1 Å². The van der Waals surface area contributed by atoms with Gasteiger partial charge in [-0.25, -0.2) is 0 Å². The molecule has 0 amide bonds. The van der Waals surface area contributed by atoms with E-state index in [1.165, 1.54) is 6.07 Å². The van der Waals surface area contributed by atoms with Crippen molar-refractivity contribution in [3.8, 4) is 11.5 Å². The standard InChI is InChI=1S/C15H15BrN2O3/c1-9-13(18(19)20)4-3-5-14(9)21-15-7-6-11(10(2)17)8-12(15)16/h3-8,10H,17H2,1-2H3. The smallest absolute Gasteiger partial charge is 0.276 e. The normalized spacial score (nSPS) is 12.0. The van der Waals surface area contributed by atoms with Gasteiger partial charge in [0.05, 0.1) is 15.0 Å². The van der Waals surface area contributed by atoms with Gasteiger partial charge in [0.25, 0.3) is 5.69 Å². The van der Waals surface area contributed by atoms with Gasteiger partial charge >= 0.3 is 0 Å². The molecule has 5 nitrogen and oxygen atoms in total. The first-order chi connectivity index (χ1) is 9.90. The summed E-state index contributed by atoms with van der Waals surface area (Å²) in [5.41, 5.74) is 7.33. The highest BCUT2D eigenvalue weighted by Crippen LogP contribution is 2.35. The van der Waals surface area contributed by atoms with Gasteiger partial charge in [0, 0.05) is 12.1 Å². The second-order valence-electron chi connectivity index (χ2n) is 4.74. The van der Waals surface area contributed by atoms with Crippen LogP contribution in [-0.2, 0) is 0 Å². The number of ether oxygens (including phenoxy) is 1. The van der Waals surface area contributed by atoms with E-state index in [2.05, 4.69) is 15.9 Å². The molecular formula is C15H15BrN2O3. The minimum Gasteiger partial charge on any atom is -0.456 e. The van der Waals surface area contributed by atoms with Gasteiger partial charge in [-0.05, 0) is 53.5 Å². The summed E-state index contributed by atoms with van der Waals surface area (Å²) >= 11 is 3.43. The fraction of sp³-hybridized carbons (Fsp3) is 0.200. The molecule has 0 fully saturated rings. The number of halogens is 1. The summed E-state index contributed by atoms with van der Waals surface area (Å²) in [6, 6.07) is 10.2. The molecule has 0 saturated carbocycles. The predicted molar refractivity (Wildman–Crippen MR) is 84.7 cm³/mol. The third-order valence-corrected chi connectivity index (χ3v) is 3.77. The second-order valence-corrected chi connectivity index (χ2v) is 5.59. The van der Waals surface area contributed by atoms with Crippen LogP contribution in [0.25, 0.3) is 0 Å². The van der Waals surface area contributed by atoms with Crippen LogP contribution >= 0.6 is 15.9 Å². The molecule has 1 atom stereocenters. The van der Waals surface area contributed by atoms with Gasteiger partial charge in [-0.15, -0.1) is 0 Å². The molecular weight excluding hydrogens is 336 g/mol. The SMILES string of the molecule is Cc1c(Oc2ccc(C(C)N)cc2Br)cccc1[N+](=O)[O-]. The first-order valence-corrected chi connectivity index (χ1v) is 7.16. The van der Waals surface area contributed by atoms with E-state index in [4.69, 9.17) is 10.5 Å². The molecule has 2 rings (SSSR count). The number of nitrogens with zero attached hydrogens (tertiary/aromatic N) is 1.